The fraction of sp³-hybridized carbons (Fsp3) is 0.438. The molecule has 1 saturated carbocycles. The van der Waals surface area contributed by atoms with E-state index in [1.807, 2.05) is 25.1 Å². The third-order valence-electron chi connectivity index (χ3n) is 3.93. The topological polar surface area (TPSA) is 29.9 Å². The lowest BCUT2D eigenvalue weighted by Gasteiger charge is -2.23. The van der Waals surface area contributed by atoms with Gasteiger partial charge in [-0.05, 0) is 53.9 Å². The van der Waals surface area contributed by atoms with E-state index < -0.39 is 0 Å². The second-order valence-corrected chi connectivity index (χ2v) is 6.94. The van der Waals surface area contributed by atoms with Gasteiger partial charge in [0, 0.05) is 21.7 Å². The molecule has 0 saturated heterocycles. The van der Waals surface area contributed by atoms with Crippen LogP contribution in [0.25, 0.3) is 5.69 Å². The molecule has 0 bridgehead atoms. The highest BCUT2D eigenvalue weighted by Crippen LogP contribution is 2.29. The molecule has 3 rings (SSSR count). The number of aromatic nitrogens is 2. The minimum atomic E-state index is 0.533. The number of nitrogens with one attached hydrogen (secondary N) is 1. The van der Waals surface area contributed by atoms with Crippen molar-refractivity contribution >= 4 is 33.5 Å². The Balaban J connectivity index is 1.91. The lowest BCUT2D eigenvalue weighted by atomic mass is 9.96. The molecule has 1 aromatic carbocycles. The Labute approximate surface area is 138 Å². The van der Waals surface area contributed by atoms with Crippen LogP contribution in [0.15, 0.2) is 28.9 Å². The van der Waals surface area contributed by atoms with Gasteiger partial charge in [0.1, 0.15) is 0 Å². The van der Waals surface area contributed by atoms with E-state index in [9.17, 15) is 0 Å². The SMILES string of the molecule is Cc1cn(-c2ccc(Cl)cc2Br)c(NC2CCCCC2)n1. The molecule has 0 unspecified atom stereocenters. The summed E-state index contributed by atoms with van der Waals surface area (Å²) in [5.41, 5.74) is 2.06. The first-order valence-corrected chi connectivity index (χ1v) is 8.58. The molecule has 1 aliphatic carbocycles. The van der Waals surface area contributed by atoms with Gasteiger partial charge in [-0.25, -0.2) is 4.98 Å². The monoisotopic (exact) mass is 367 g/mol. The molecule has 1 aromatic heterocycles. The molecule has 112 valence electrons. The average molecular weight is 369 g/mol. The van der Waals surface area contributed by atoms with Crippen LogP contribution in [0, 0.1) is 6.92 Å². The number of halogens is 2. The van der Waals surface area contributed by atoms with Crippen molar-refractivity contribution in [1.82, 2.24) is 9.55 Å². The average Bonchev–Trinajstić information content (AvgIpc) is 2.80. The molecule has 5 heteroatoms. The van der Waals surface area contributed by atoms with Gasteiger partial charge in [-0.3, -0.25) is 4.57 Å². The summed E-state index contributed by atoms with van der Waals surface area (Å²) < 4.78 is 3.07. The zero-order valence-corrected chi connectivity index (χ0v) is 14.4. The number of benzene rings is 1. The van der Waals surface area contributed by atoms with Crippen LogP contribution in [-0.2, 0) is 0 Å². The maximum Gasteiger partial charge on any atom is 0.207 e. The van der Waals surface area contributed by atoms with Crippen LogP contribution in [0.2, 0.25) is 5.02 Å². The van der Waals surface area contributed by atoms with E-state index in [2.05, 4.69) is 37.0 Å². The number of nitrogens with zero attached hydrogens (tertiary/aromatic N) is 2. The molecule has 1 aliphatic rings. The molecule has 3 nitrogen and oxygen atoms in total. The Morgan fingerprint density at radius 1 is 1.29 bits per heavy atom. The summed E-state index contributed by atoms with van der Waals surface area (Å²) in [6.07, 6.45) is 8.49. The van der Waals surface area contributed by atoms with Crippen LogP contribution in [0.5, 0.6) is 0 Å². The fourth-order valence-corrected chi connectivity index (χ4v) is 3.76. The summed E-state index contributed by atoms with van der Waals surface area (Å²) in [6.45, 7) is 2.02. The van der Waals surface area contributed by atoms with Crippen molar-refractivity contribution in [3.8, 4) is 5.69 Å². The Kier molecular flexibility index (Phi) is 4.55. The van der Waals surface area contributed by atoms with Crippen molar-refractivity contribution in [1.29, 1.82) is 0 Å². The quantitative estimate of drug-likeness (QED) is 0.792. The number of anilines is 1. The van der Waals surface area contributed by atoms with E-state index in [-0.39, 0.29) is 0 Å². The van der Waals surface area contributed by atoms with Crippen molar-refractivity contribution in [2.45, 2.75) is 45.1 Å². The highest BCUT2D eigenvalue weighted by atomic mass is 79.9. The Bertz CT molecular complexity index is 632. The minimum Gasteiger partial charge on any atom is -0.353 e. The van der Waals surface area contributed by atoms with E-state index in [4.69, 9.17) is 11.6 Å². The smallest absolute Gasteiger partial charge is 0.207 e. The van der Waals surface area contributed by atoms with E-state index in [1.165, 1.54) is 32.1 Å². The second kappa shape index (κ2) is 6.41. The van der Waals surface area contributed by atoms with Gasteiger partial charge in [0.25, 0.3) is 0 Å². The Morgan fingerprint density at radius 3 is 2.76 bits per heavy atom. The van der Waals surface area contributed by atoms with E-state index >= 15 is 0 Å². The number of rotatable bonds is 3. The van der Waals surface area contributed by atoms with Gasteiger partial charge in [-0.15, -0.1) is 0 Å². The molecule has 1 N–H and O–H groups in total. The molecule has 0 atom stereocenters. The van der Waals surface area contributed by atoms with Gasteiger partial charge in [0.15, 0.2) is 0 Å². The van der Waals surface area contributed by atoms with Crippen LogP contribution >= 0.6 is 27.5 Å². The minimum absolute atomic E-state index is 0.533. The number of hydrogen-bond donors (Lipinski definition) is 1. The first-order valence-electron chi connectivity index (χ1n) is 7.41. The lowest BCUT2D eigenvalue weighted by Crippen LogP contribution is -2.24. The van der Waals surface area contributed by atoms with Crippen molar-refractivity contribution < 1.29 is 0 Å². The summed E-state index contributed by atoms with van der Waals surface area (Å²) in [5, 5.41) is 4.33. The van der Waals surface area contributed by atoms with Crippen LogP contribution in [0.4, 0.5) is 5.95 Å². The largest absolute Gasteiger partial charge is 0.353 e. The molecule has 0 aliphatic heterocycles. The van der Waals surface area contributed by atoms with Crippen LogP contribution in [-0.4, -0.2) is 15.6 Å². The molecular weight excluding hydrogens is 350 g/mol. The van der Waals surface area contributed by atoms with Crippen LogP contribution in [0.3, 0.4) is 0 Å². The summed E-state index contributed by atoms with van der Waals surface area (Å²) in [6, 6.07) is 6.36. The Hall–Kier alpha value is -1.00. The standard InChI is InChI=1S/C16H19BrClN3/c1-11-10-21(15-8-7-12(18)9-14(15)17)16(19-11)20-13-5-3-2-4-6-13/h7-10,13H,2-6H2,1H3,(H,19,20). The van der Waals surface area contributed by atoms with Crippen molar-refractivity contribution in [3.63, 3.8) is 0 Å². The third-order valence-corrected chi connectivity index (χ3v) is 4.80. The summed E-state index contributed by atoms with van der Waals surface area (Å²) in [4.78, 5) is 4.64. The predicted octanol–water partition coefficient (Wildman–Crippen LogP) is 5.34. The zero-order chi connectivity index (χ0) is 14.8. The normalized spacial score (nSPS) is 16.1. The maximum absolute atomic E-state index is 6.03. The van der Waals surface area contributed by atoms with E-state index in [0.29, 0.717) is 6.04 Å². The summed E-state index contributed by atoms with van der Waals surface area (Å²) >= 11 is 9.63. The van der Waals surface area contributed by atoms with Gasteiger partial charge < -0.3 is 5.32 Å². The Morgan fingerprint density at radius 2 is 2.05 bits per heavy atom. The van der Waals surface area contributed by atoms with E-state index in [1.54, 1.807) is 0 Å². The van der Waals surface area contributed by atoms with Gasteiger partial charge in [-0.2, -0.15) is 0 Å². The first-order chi connectivity index (χ1) is 10.1. The number of imidazole rings is 1. The van der Waals surface area contributed by atoms with Gasteiger partial charge in [-0.1, -0.05) is 30.9 Å². The summed E-state index contributed by atoms with van der Waals surface area (Å²) in [7, 11) is 0. The molecule has 0 amide bonds. The maximum atomic E-state index is 6.03. The highest BCUT2D eigenvalue weighted by molar-refractivity contribution is 9.10. The van der Waals surface area contributed by atoms with Crippen molar-refractivity contribution in [3.05, 3.63) is 39.6 Å². The van der Waals surface area contributed by atoms with Crippen molar-refractivity contribution in [2.75, 3.05) is 5.32 Å². The van der Waals surface area contributed by atoms with Gasteiger partial charge >= 0.3 is 0 Å². The molecule has 2 aromatic rings. The van der Waals surface area contributed by atoms with Crippen molar-refractivity contribution in [2.24, 2.45) is 0 Å². The highest BCUT2D eigenvalue weighted by Gasteiger charge is 2.17. The zero-order valence-electron chi connectivity index (χ0n) is 12.1. The first kappa shape index (κ1) is 14.9. The lowest BCUT2D eigenvalue weighted by molar-refractivity contribution is 0.460. The molecule has 1 heterocycles. The van der Waals surface area contributed by atoms with Gasteiger partial charge in [0.05, 0.1) is 11.4 Å². The molecule has 0 spiro atoms. The summed E-state index contributed by atoms with van der Waals surface area (Å²) in [5.74, 6) is 0.919. The molecular formula is C16H19BrClN3. The second-order valence-electron chi connectivity index (χ2n) is 5.65. The molecule has 0 radical (unpaired) electrons. The molecule has 21 heavy (non-hydrogen) atoms. The molecule has 1 fully saturated rings. The predicted molar refractivity (Wildman–Crippen MR) is 91.5 cm³/mol. The van der Waals surface area contributed by atoms with Crippen LogP contribution in [0.1, 0.15) is 37.8 Å². The van der Waals surface area contributed by atoms with E-state index in [0.717, 1.165) is 26.8 Å². The van der Waals surface area contributed by atoms with Gasteiger partial charge in [0.2, 0.25) is 5.95 Å². The third kappa shape index (κ3) is 3.43. The number of aryl methyl sites for hydroxylation is 1. The fourth-order valence-electron chi connectivity index (χ4n) is 2.89. The number of hydrogen-bond acceptors (Lipinski definition) is 2. The van der Waals surface area contributed by atoms with Crippen LogP contribution < -0.4 is 5.32 Å².